The van der Waals surface area contributed by atoms with E-state index in [0.29, 0.717) is 6.04 Å². The van der Waals surface area contributed by atoms with Gasteiger partial charge in [-0.15, -0.1) is 0 Å². The molecule has 1 aliphatic heterocycles. The van der Waals surface area contributed by atoms with Crippen molar-refractivity contribution in [2.45, 2.75) is 32.7 Å². The fourth-order valence-electron chi connectivity index (χ4n) is 2.29. The number of aryl methyl sites for hydroxylation is 2. The van der Waals surface area contributed by atoms with Gasteiger partial charge in [-0.05, 0) is 43.9 Å². The lowest BCUT2D eigenvalue weighted by molar-refractivity contribution is 0.505. The minimum Gasteiger partial charge on any atom is -0.370 e. The Hall–Kier alpha value is -1.02. The van der Waals surface area contributed by atoms with Crippen molar-refractivity contribution in [3.8, 4) is 0 Å². The van der Waals surface area contributed by atoms with Crippen molar-refractivity contribution in [3.63, 3.8) is 0 Å². The van der Waals surface area contributed by atoms with E-state index in [0.717, 1.165) is 13.1 Å². The molecule has 0 bridgehead atoms. The van der Waals surface area contributed by atoms with Crippen LogP contribution in [0.1, 0.15) is 24.0 Å². The highest BCUT2D eigenvalue weighted by Crippen LogP contribution is 2.24. The van der Waals surface area contributed by atoms with Gasteiger partial charge in [0.15, 0.2) is 0 Å². The molecule has 1 aromatic rings. The van der Waals surface area contributed by atoms with Crippen molar-refractivity contribution in [1.82, 2.24) is 0 Å². The first kappa shape index (κ1) is 10.5. The molecule has 1 aromatic carbocycles. The van der Waals surface area contributed by atoms with Crippen molar-refractivity contribution in [1.29, 1.82) is 0 Å². The summed E-state index contributed by atoms with van der Waals surface area (Å²) in [5.74, 6) is 0. The highest BCUT2D eigenvalue weighted by Gasteiger charge is 2.17. The Kier molecular flexibility index (Phi) is 2.96. The van der Waals surface area contributed by atoms with E-state index in [4.69, 9.17) is 5.73 Å². The summed E-state index contributed by atoms with van der Waals surface area (Å²) in [6.45, 7) is 6.48. The topological polar surface area (TPSA) is 29.3 Å². The van der Waals surface area contributed by atoms with Crippen LogP contribution in [-0.2, 0) is 0 Å². The van der Waals surface area contributed by atoms with E-state index in [9.17, 15) is 0 Å². The number of nitrogens with zero attached hydrogens (tertiary/aromatic N) is 1. The minimum absolute atomic E-state index is 0.346. The van der Waals surface area contributed by atoms with Gasteiger partial charge < -0.3 is 10.6 Å². The van der Waals surface area contributed by atoms with Gasteiger partial charge in [-0.3, -0.25) is 0 Å². The first-order chi connectivity index (χ1) is 7.16. The highest BCUT2D eigenvalue weighted by molar-refractivity contribution is 5.55. The van der Waals surface area contributed by atoms with Crippen molar-refractivity contribution in [3.05, 3.63) is 29.3 Å². The number of hydrogen-bond acceptors (Lipinski definition) is 2. The number of rotatable bonds is 1. The molecule has 2 nitrogen and oxygen atoms in total. The zero-order valence-electron chi connectivity index (χ0n) is 9.66. The van der Waals surface area contributed by atoms with Gasteiger partial charge in [0.05, 0.1) is 0 Å². The molecule has 15 heavy (non-hydrogen) atoms. The summed E-state index contributed by atoms with van der Waals surface area (Å²) in [6.07, 6.45) is 2.38. The van der Waals surface area contributed by atoms with Crippen LogP contribution in [0.2, 0.25) is 0 Å². The Bertz CT molecular complexity index is 346. The number of piperidine rings is 1. The zero-order chi connectivity index (χ0) is 10.8. The van der Waals surface area contributed by atoms with E-state index in [1.54, 1.807) is 0 Å². The molecular weight excluding hydrogens is 184 g/mol. The molecule has 0 radical (unpaired) electrons. The molecule has 1 saturated heterocycles. The van der Waals surface area contributed by atoms with E-state index in [2.05, 4.69) is 36.9 Å². The van der Waals surface area contributed by atoms with E-state index in [-0.39, 0.29) is 0 Å². The van der Waals surface area contributed by atoms with Gasteiger partial charge in [-0.25, -0.2) is 0 Å². The third-order valence-corrected chi connectivity index (χ3v) is 3.16. The van der Waals surface area contributed by atoms with Gasteiger partial charge in [-0.1, -0.05) is 12.1 Å². The van der Waals surface area contributed by atoms with Gasteiger partial charge in [0, 0.05) is 24.8 Å². The van der Waals surface area contributed by atoms with Crippen molar-refractivity contribution < 1.29 is 0 Å². The fourth-order valence-corrected chi connectivity index (χ4v) is 2.29. The third-order valence-electron chi connectivity index (χ3n) is 3.16. The number of anilines is 1. The van der Waals surface area contributed by atoms with Gasteiger partial charge in [-0.2, -0.15) is 0 Å². The molecule has 1 heterocycles. The standard InChI is InChI=1S/C13H20N2/c1-10-5-6-11(2)13(8-10)15-7-3-4-12(14)9-15/h5-6,8,12H,3-4,7,9,14H2,1-2H3. The molecule has 0 aliphatic carbocycles. The summed E-state index contributed by atoms with van der Waals surface area (Å²) in [4.78, 5) is 2.43. The Labute approximate surface area is 92.1 Å². The highest BCUT2D eigenvalue weighted by atomic mass is 15.1. The molecule has 0 aromatic heterocycles. The van der Waals surface area contributed by atoms with Crippen LogP contribution >= 0.6 is 0 Å². The first-order valence-electron chi connectivity index (χ1n) is 5.74. The van der Waals surface area contributed by atoms with Crippen LogP contribution in [-0.4, -0.2) is 19.1 Å². The maximum Gasteiger partial charge on any atom is 0.0399 e. The average molecular weight is 204 g/mol. The second-order valence-electron chi connectivity index (χ2n) is 4.64. The van der Waals surface area contributed by atoms with E-state index in [1.807, 2.05) is 0 Å². The molecule has 0 spiro atoms. The number of benzene rings is 1. The maximum absolute atomic E-state index is 6.01. The Morgan fingerprint density at radius 1 is 1.33 bits per heavy atom. The van der Waals surface area contributed by atoms with E-state index in [1.165, 1.54) is 29.7 Å². The first-order valence-corrected chi connectivity index (χ1v) is 5.74. The molecule has 1 fully saturated rings. The van der Waals surface area contributed by atoms with Crippen LogP contribution in [0.25, 0.3) is 0 Å². The summed E-state index contributed by atoms with van der Waals surface area (Å²) in [5, 5.41) is 0. The molecule has 2 heteroatoms. The van der Waals surface area contributed by atoms with Crippen LogP contribution in [0.15, 0.2) is 18.2 Å². The minimum atomic E-state index is 0.346. The van der Waals surface area contributed by atoms with Gasteiger partial charge >= 0.3 is 0 Å². The van der Waals surface area contributed by atoms with Crippen LogP contribution in [0.5, 0.6) is 0 Å². The monoisotopic (exact) mass is 204 g/mol. The SMILES string of the molecule is Cc1ccc(C)c(N2CCCC(N)C2)c1. The molecule has 2 N–H and O–H groups in total. The van der Waals surface area contributed by atoms with Gasteiger partial charge in [0.25, 0.3) is 0 Å². The second kappa shape index (κ2) is 4.23. The zero-order valence-corrected chi connectivity index (χ0v) is 9.66. The second-order valence-corrected chi connectivity index (χ2v) is 4.64. The molecule has 0 amide bonds. The largest absolute Gasteiger partial charge is 0.370 e. The fraction of sp³-hybridized carbons (Fsp3) is 0.538. The Balaban J connectivity index is 2.24. The van der Waals surface area contributed by atoms with Crippen LogP contribution < -0.4 is 10.6 Å². The number of hydrogen-bond donors (Lipinski definition) is 1. The molecule has 0 saturated carbocycles. The van der Waals surface area contributed by atoms with E-state index < -0.39 is 0 Å². The summed E-state index contributed by atoms with van der Waals surface area (Å²) in [7, 11) is 0. The van der Waals surface area contributed by atoms with Gasteiger partial charge in [0.2, 0.25) is 0 Å². The Morgan fingerprint density at radius 2 is 2.13 bits per heavy atom. The summed E-state index contributed by atoms with van der Waals surface area (Å²) in [6, 6.07) is 6.99. The predicted molar refractivity (Wildman–Crippen MR) is 65.3 cm³/mol. The summed E-state index contributed by atoms with van der Waals surface area (Å²) >= 11 is 0. The quantitative estimate of drug-likeness (QED) is 0.760. The lowest BCUT2D eigenvalue weighted by Crippen LogP contribution is -2.43. The lowest BCUT2D eigenvalue weighted by Gasteiger charge is -2.33. The van der Waals surface area contributed by atoms with Crippen molar-refractivity contribution in [2.75, 3.05) is 18.0 Å². The van der Waals surface area contributed by atoms with Crippen molar-refractivity contribution in [2.24, 2.45) is 5.73 Å². The normalized spacial score (nSPS) is 21.8. The summed E-state index contributed by atoms with van der Waals surface area (Å²) in [5.41, 5.74) is 10.1. The molecule has 1 aliphatic rings. The molecule has 82 valence electrons. The third kappa shape index (κ3) is 2.32. The number of nitrogens with two attached hydrogens (primary N) is 1. The summed E-state index contributed by atoms with van der Waals surface area (Å²) < 4.78 is 0. The van der Waals surface area contributed by atoms with Crippen LogP contribution in [0.4, 0.5) is 5.69 Å². The predicted octanol–water partition coefficient (Wildman–Crippen LogP) is 2.23. The molecule has 1 atom stereocenters. The molecule has 1 unspecified atom stereocenters. The molecular formula is C13H20N2. The van der Waals surface area contributed by atoms with Gasteiger partial charge in [0.1, 0.15) is 0 Å². The lowest BCUT2D eigenvalue weighted by atomic mass is 10.0. The van der Waals surface area contributed by atoms with Crippen molar-refractivity contribution >= 4 is 5.69 Å². The molecule has 2 rings (SSSR count). The van der Waals surface area contributed by atoms with Crippen LogP contribution in [0, 0.1) is 13.8 Å². The Morgan fingerprint density at radius 3 is 2.87 bits per heavy atom. The maximum atomic E-state index is 6.01. The van der Waals surface area contributed by atoms with E-state index >= 15 is 0 Å². The average Bonchev–Trinajstić information content (AvgIpc) is 2.22. The smallest absolute Gasteiger partial charge is 0.0399 e. The van der Waals surface area contributed by atoms with Crippen LogP contribution in [0.3, 0.4) is 0 Å².